The van der Waals surface area contributed by atoms with Gasteiger partial charge in [0.05, 0.1) is 25.5 Å². The van der Waals surface area contributed by atoms with Gasteiger partial charge in [0.1, 0.15) is 17.7 Å². The number of furan rings is 1. The van der Waals surface area contributed by atoms with Crippen LogP contribution in [0.15, 0.2) is 71.3 Å². The quantitative estimate of drug-likeness (QED) is 0.782. The van der Waals surface area contributed by atoms with Gasteiger partial charge in [0.2, 0.25) is 0 Å². The molecule has 0 radical (unpaired) electrons. The summed E-state index contributed by atoms with van der Waals surface area (Å²) >= 11 is 0. The lowest BCUT2D eigenvalue weighted by molar-refractivity contribution is 0.0649. The Bertz CT molecular complexity index is 889. The maximum atomic E-state index is 13.1. The van der Waals surface area contributed by atoms with Crippen molar-refractivity contribution in [1.82, 2.24) is 4.90 Å². The molecule has 2 aromatic carbocycles. The third-order valence-electron chi connectivity index (χ3n) is 4.36. The van der Waals surface area contributed by atoms with Crippen molar-refractivity contribution < 1.29 is 13.9 Å². The van der Waals surface area contributed by atoms with Crippen molar-refractivity contribution in [3.05, 3.63) is 83.8 Å². The summed E-state index contributed by atoms with van der Waals surface area (Å²) in [5, 5.41) is 3.46. The van der Waals surface area contributed by atoms with Gasteiger partial charge in [-0.3, -0.25) is 4.79 Å². The first kappa shape index (κ1) is 15.3. The number of benzene rings is 2. The first-order valence-corrected chi connectivity index (χ1v) is 8.10. The van der Waals surface area contributed by atoms with E-state index in [1.165, 1.54) is 0 Å². The largest absolute Gasteiger partial charge is 0.496 e. The summed E-state index contributed by atoms with van der Waals surface area (Å²) in [7, 11) is 1.63. The Morgan fingerprint density at radius 2 is 1.88 bits per heavy atom. The molecule has 1 unspecified atom stereocenters. The number of hydrogen-bond donors (Lipinski definition) is 1. The molecular formula is C20H18N2O3. The van der Waals surface area contributed by atoms with Gasteiger partial charge in [-0.25, -0.2) is 0 Å². The number of rotatable bonds is 4. The summed E-state index contributed by atoms with van der Waals surface area (Å²) in [5.41, 5.74) is 2.37. The molecule has 0 saturated heterocycles. The maximum Gasteiger partial charge on any atom is 0.258 e. The summed E-state index contributed by atoms with van der Waals surface area (Å²) in [4.78, 5) is 14.9. The van der Waals surface area contributed by atoms with E-state index >= 15 is 0 Å². The van der Waals surface area contributed by atoms with E-state index < -0.39 is 0 Å². The number of hydrogen-bond acceptors (Lipinski definition) is 4. The van der Waals surface area contributed by atoms with Crippen LogP contribution in [0.3, 0.4) is 0 Å². The smallest absolute Gasteiger partial charge is 0.258 e. The molecule has 1 N–H and O–H groups in total. The monoisotopic (exact) mass is 334 g/mol. The average Bonchev–Trinajstić information content (AvgIpc) is 3.17. The first-order valence-electron chi connectivity index (χ1n) is 8.10. The van der Waals surface area contributed by atoms with Crippen LogP contribution in [0.2, 0.25) is 0 Å². The van der Waals surface area contributed by atoms with Gasteiger partial charge in [-0.15, -0.1) is 0 Å². The molecule has 0 aliphatic carbocycles. The van der Waals surface area contributed by atoms with E-state index in [0.29, 0.717) is 12.1 Å². The molecule has 2 heterocycles. The average molecular weight is 334 g/mol. The predicted octanol–water partition coefficient (Wildman–Crippen LogP) is 4.05. The molecule has 5 nitrogen and oxygen atoms in total. The summed E-state index contributed by atoms with van der Waals surface area (Å²) < 4.78 is 11.0. The van der Waals surface area contributed by atoms with Gasteiger partial charge in [0.15, 0.2) is 0 Å². The molecule has 0 bridgehead atoms. The molecule has 0 saturated carbocycles. The van der Waals surface area contributed by atoms with E-state index in [2.05, 4.69) is 5.32 Å². The minimum atomic E-state index is -0.344. The molecular weight excluding hydrogens is 316 g/mol. The van der Waals surface area contributed by atoms with E-state index in [9.17, 15) is 4.79 Å². The summed E-state index contributed by atoms with van der Waals surface area (Å²) in [6.07, 6.45) is 1.27. The van der Waals surface area contributed by atoms with Gasteiger partial charge in [-0.1, -0.05) is 30.3 Å². The lowest BCUT2D eigenvalue weighted by Crippen LogP contribution is -2.42. The Labute approximate surface area is 145 Å². The predicted molar refractivity (Wildman–Crippen MR) is 94.4 cm³/mol. The molecule has 3 aromatic rings. The summed E-state index contributed by atoms with van der Waals surface area (Å²) in [5.74, 6) is 1.42. The number of para-hydroxylation sites is 2. The highest BCUT2D eigenvalue weighted by molar-refractivity contribution is 6.01. The standard InChI is InChI=1S/C20H18N2O3/c1-24-18-11-5-3-9-16(18)19-21-17-10-4-2-8-15(17)20(23)22(19)13-14-7-6-12-25-14/h2-12,19,21H,13H2,1H3. The summed E-state index contributed by atoms with van der Waals surface area (Å²) in [6, 6.07) is 18.9. The van der Waals surface area contributed by atoms with Crippen molar-refractivity contribution in [2.45, 2.75) is 12.7 Å². The zero-order valence-electron chi connectivity index (χ0n) is 13.8. The van der Waals surface area contributed by atoms with Gasteiger partial charge in [0.25, 0.3) is 5.91 Å². The molecule has 0 spiro atoms. The van der Waals surface area contributed by atoms with Crippen molar-refractivity contribution >= 4 is 11.6 Å². The third-order valence-corrected chi connectivity index (χ3v) is 4.36. The number of amides is 1. The van der Waals surface area contributed by atoms with E-state index in [0.717, 1.165) is 22.8 Å². The van der Waals surface area contributed by atoms with Crippen molar-refractivity contribution in [1.29, 1.82) is 0 Å². The van der Waals surface area contributed by atoms with E-state index in [-0.39, 0.29) is 12.1 Å². The Hall–Kier alpha value is -3.21. The second kappa shape index (κ2) is 6.36. The Balaban J connectivity index is 1.80. The van der Waals surface area contributed by atoms with Crippen LogP contribution >= 0.6 is 0 Å². The van der Waals surface area contributed by atoms with Crippen LogP contribution in [0, 0.1) is 0 Å². The van der Waals surface area contributed by atoms with Crippen molar-refractivity contribution in [2.24, 2.45) is 0 Å². The zero-order valence-corrected chi connectivity index (χ0v) is 13.8. The Morgan fingerprint density at radius 1 is 1.08 bits per heavy atom. The molecule has 1 aliphatic rings. The van der Waals surface area contributed by atoms with Gasteiger partial charge >= 0.3 is 0 Å². The molecule has 1 amide bonds. The molecule has 4 rings (SSSR count). The van der Waals surface area contributed by atoms with Gasteiger partial charge in [0, 0.05) is 11.3 Å². The molecule has 126 valence electrons. The number of fused-ring (bicyclic) bond motifs is 1. The second-order valence-electron chi connectivity index (χ2n) is 5.85. The minimum Gasteiger partial charge on any atom is -0.496 e. The molecule has 0 fully saturated rings. The normalized spacial score (nSPS) is 16.3. The van der Waals surface area contributed by atoms with Crippen LogP contribution in [-0.2, 0) is 6.54 Å². The van der Waals surface area contributed by atoms with Crippen molar-refractivity contribution in [3.63, 3.8) is 0 Å². The van der Waals surface area contributed by atoms with Gasteiger partial charge in [-0.05, 0) is 30.3 Å². The fourth-order valence-corrected chi connectivity index (χ4v) is 3.16. The molecule has 1 aliphatic heterocycles. The Morgan fingerprint density at radius 3 is 2.68 bits per heavy atom. The number of carbonyl (C=O) groups is 1. The number of anilines is 1. The number of nitrogens with zero attached hydrogens (tertiary/aromatic N) is 1. The molecule has 1 aromatic heterocycles. The van der Waals surface area contributed by atoms with Crippen molar-refractivity contribution in [3.8, 4) is 5.75 Å². The van der Waals surface area contributed by atoms with E-state index in [4.69, 9.17) is 9.15 Å². The third kappa shape index (κ3) is 2.74. The number of methoxy groups -OCH3 is 1. The molecule has 1 atom stereocenters. The van der Waals surface area contributed by atoms with E-state index in [1.54, 1.807) is 18.3 Å². The van der Waals surface area contributed by atoms with Crippen LogP contribution in [0.1, 0.15) is 27.8 Å². The highest BCUT2D eigenvalue weighted by Gasteiger charge is 2.34. The van der Waals surface area contributed by atoms with Crippen LogP contribution in [0.25, 0.3) is 0 Å². The Kier molecular flexibility index (Phi) is 3.90. The SMILES string of the molecule is COc1ccccc1C1Nc2ccccc2C(=O)N1Cc1ccco1. The van der Waals surface area contributed by atoms with E-state index in [1.807, 2.05) is 60.7 Å². The lowest BCUT2D eigenvalue weighted by Gasteiger charge is -2.38. The summed E-state index contributed by atoms with van der Waals surface area (Å²) in [6.45, 7) is 0.371. The molecule has 25 heavy (non-hydrogen) atoms. The van der Waals surface area contributed by atoms with Crippen LogP contribution in [-0.4, -0.2) is 17.9 Å². The second-order valence-corrected chi connectivity index (χ2v) is 5.85. The highest BCUT2D eigenvalue weighted by Crippen LogP contribution is 2.37. The maximum absolute atomic E-state index is 13.1. The first-order chi connectivity index (χ1) is 12.3. The van der Waals surface area contributed by atoms with Gasteiger partial charge < -0.3 is 19.4 Å². The fourth-order valence-electron chi connectivity index (χ4n) is 3.16. The number of nitrogens with one attached hydrogen (secondary N) is 1. The lowest BCUT2D eigenvalue weighted by atomic mass is 10.0. The minimum absolute atomic E-state index is 0.0401. The van der Waals surface area contributed by atoms with Crippen LogP contribution < -0.4 is 10.1 Å². The topological polar surface area (TPSA) is 54.7 Å². The number of ether oxygens (including phenoxy) is 1. The van der Waals surface area contributed by atoms with Gasteiger partial charge in [-0.2, -0.15) is 0 Å². The van der Waals surface area contributed by atoms with Crippen LogP contribution in [0.5, 0.6) is 5.75 Å². The highest BCUT2D eigenvalue weighted by atomic mass is 16.5. The fraction of sp³-hybridized carbons (Fsp3) is 0.150. The zero-order chi connectivity index (χ0) is 17.2. The van der Waals surface area contributed by atoms with Crippen LogP contribution in [0.4, 0.5) is 5.69 Å². The molecule has 5 heteroatoms. The van der Waals surface area contributed by atoms with Crippen molar-refractivity contribution in [2.75, 3.05) is 12.4 Å². The number of carbonyl (C=O) groups excluding carboxylic acids is 1.